The molecule has 152 valence electrons. The molecule has 2 heterocycles. The maximum Gasteiger partial charge on any atom is 0.297 e. The number of ether oxygens (including phenoxy) is 1. The minimum Gasteiger partial charge on any atom is -0.486 e. The second kappa shape index (κ2) is 9.05. The minimum absolute atomic E-state index is 0.0855. The van der Waals surface area contributed by atoms with Crippen LogP contribution in [-0.4, -0.2) is 40.8 Å². The fourth-order valence-electron chi connectivity index (χ4n) is 2.84. The van der Waals surface area contributed by atoms with E-state index >= 15 is 0 Å². The molecule has 1 aromatic carbocycles. The predicted molar refractivity (Wildman–Crippen MR) is 109 cm³/mol. The van der Waals surface area contributed by atoms with E-state index in [9.17, 15) is 9.59 Å². The Kier molecular flexibility index (Phi) is 6.28. The first-order valence-electron chi connectivity index (χ1n) is 9.20. The van der Waals surface area contributed by atoms with Crippen LogP contribution in [0, 0.1) is 0 Å². The second-order valence-electron chi connectivity index (χ2n) is 6.41. The largest absolute Gasteiger partial charge is 0.486 e. The molecular formula is C20H23N5O4. The van der Waals surface area contributed by atoms with Crippen molar-refractivity contribution in [3.8, 4) is 5.75 Å². The van der Waals surface area contributed by atoms with E-state index in [0.29, 0.717) is 18.2 Å². The van der Waals surface area contributed by atoms with Gasteiger partial charge in [-0.25, -0.2) is 4.98 Å². The summed E-state index contributed by atoms with van der Waals surface area (Å²) in [5, 5.41) is 6.15. The van der Waals surface area contributed by atoms with Gasteiger partial charge in [0.2, 0.25) is 11.7 Å². The Balaban J connectivity index is 1.91. The molecule has 0 atom stereocenters. The topological polar surface area (TPSA) is 102 Å². The van der Waals surface area contributed by atoms with Crippen LogP contribution in [0.4, 0.5) is 11.6 Å². The van der Waals surface area contributed by atoms with Gasteiger partial charge in [-0.1, -0.05) is 35.5 Å². The summed E-state index contributed by atoms with van der Waals surface area (Å²) in [6.45, 7) is 2.58. The molecule has 9 nitrogen and oxygen atoms in total. The first-order chi connectivity index (χ1) is 14.0. The maximum atomic E-state index is 12.8. The quantitative estimate of drug-likeness (QED) is 0.621. The molecule has 9 heteroatoms. The smallest absolute Gasteiger partial charge is 0.297 e. The molecule has 0 unspecified atom stereocenters. The molecule has 3 aromatic rings. The van der Waals surface area contributed by atoms with Crippen molar-refractivity contribution in [1.29, 1.82) is 0 Å². The number of amides is 1. The molecule has 0 saturated carbocycles. The first kappa shape index (κ1) is 20.1. The molecule has 0 aliphatic heterocycles. The maximum absolute atomic E-state index is 12.8. The van der Waals surface area contributed by atoms with Crippen LogP contribution < -0.4 is 20.5 Å². The SMILES string of the molecule is CCOc1c(C(=O)Nc2cnoc2)nc(N(C)CCc2ccccc2)n(C)c1=O. The van der Waals surface area contributed by atoms with Crippen molar-refractivity contribution in [2.75, 3.05) is 30.4 Å². The molecule has 2 aromatic heterocycles. The summed E-state index contributed by atoms with van der Waals surface area (Å²) in [7, 11) is 3.43. The van der Waals surface area contributed by atoms with Gasteiger partial charge in [0.25, 0.3) is 11.5 Å². The van der Waals surface area contributed by atoms with E-state index in [2.05, 4.69) is 15.5 Å². The highest BCUT2D eigenvalue weighted by atomic mass is 16.5. The summed E-state index contributed by atoms with van der Waals surface area (Å²) < 4.78 is 11.5. The van der Waals surface area contributed by atoms with E-state index in [1.165, 1.54) is 22.6 Å². The highest BCUT2D eigenvalue weighted by Crippen LogP contribution is 2.18. The lowest BCUT2D eigenvalue weighted by Gasteiger charge is -2.22. The molecule has 0 aliphatic carbocycles. The molecule has 0 saturated heterocycles. The van der Waals surface area contributed by atoms with Crippen molar-refractivity contribution < 1.29 is 14.1 Å². The average Bonchev–Trinajstić information content (AvgIpc) is 3.23. The van der Waals surface area contributed by atoms with E-state index in [0.717, 1.165) is 6.42 Å². The number of carbonyl (C=O) groups excluding carboxylic acids is 1. The number of benzene rings is 1. The summed E-state index contributed by atoms with van der Waals surface area (Å²) in [5.41, 5.74) is 1.01. The molecule has 29 heavy (non-hydrogen) atoms. The van der Waals surface area contributed by atoms with Gasteiger partial charge in [-0.05, 0) is 18.9 Å². The van der Waals surface area contributed by atoms with Crippen LogP contribution in [0.1, 0.15) is 23.0 Å². The third kappa shape index (κ3) is 4.63. The summed E-state index contributed by atoms with van der Waals surface area (Å²) >= 11 is 0. The third-order valence-corrected chi connectivity index (χ3v) is 4.34. The van der Waals surface area contributed by atoms with Crippen molar-refractivity contribution in [2.45, 2.75) is 13.3 Å². The van der Waals surface area contributed by atoms with Crippen LogP contribution in [0.5, 0.6) is 5.75 Å². The number of carbonyl (C=O) groups is 1. The Labute approximate surface area is 167 Å². The van der Waals surface area contributed by atoms with Gasteiger partial charge in [0.05, 0.1) is 12.8 Å². The van der Waals surface area contributed by atoms with Gasteiger partial charge < -0.3 is 19.5 Å². The van der Waals surface area contributed by atoms with Gasteiger partial charge >= 0.3 is 0 Å². The predicted octanol–water partition coefficient (Wildman–Crippen LogP) is 2.10. The van der Waals surface area contributed by atoms with Gasteiger partial charge in [-0.2, -0.15) is 0 Å². The number of likely N-dealkylation sites (N-methyl/N-ethyl adjacent to an activating group) is 1. The fourth-order valence-corrected chi connectivity index (χ4v) is 2.84. The number of nitrogens with one attached hydrogen (secondary N) is 1. The lowest BCUT2D eigenvalue weighted by molar-refractivity contribution is 0.101. The Morgan fingerprint density at radius 1 is 1.31 bits per heavy atom. The zero-order valence-electron chi connectivity index (χ0n) is 16.6. The van der Waals surface area contributed by atoms with E-state index < -0.39 is 11.5 Å². The Morgan fingerprint density at radius 2 is 2.07 bits per heavy atom. The number of nitrogens with zero attached hydrogens (tertiary/aromatic N) is 4. The van der Waals surface area contributed by atoms with E-state index in [1.54, 1.807) is 14.0 Å². The van der Waals surface area contributed by atoms with Gasteiger partial charge in [-0.3, -0.25) is 14.2 Å². The minimum atomic E-state index is -0.577. The molecular weight excluding hydrogens is 374 g/mol. The van der Waals surface area contributed by atoms with Gasteiger partial charge in [0.1, 0.15) is 12.0 Å². The van der Waals surface area contributed by atoms with Crippen LogP contribution in [0.3, 0.4) is 0 Å². The van der Waals surface area contributed by atoms with Crippen LogP contribution >= 0.6 is 0 Å². The highest BCUT2D eigenvalue weighted by Gasteiger charge is 2.23. The van der Waals surface area contributed by atoms with Crippen LogP contribution in [0.25, 0.3) is 0 Å². The third-order valence-electron chi connectivity index (χ3n) is 4.34. The summed E-state index contributed by atoms with van der Waals surface area (Å²) in [5.74, 6) is -0.305. The van der Waals surface area contributed by atoms with Gasteiger partial charge in [0, 0.05) is 20.6 Å². The zero-order chi connectivity index (χ0) is 20.8. The van der Waals surface area contributed by atoms with Crippen LogP contribution in [0.2, 0.25) is 0 Å². The number of anilines is 2. The van der Waals surface area contributed by atoms with Crippen molar-refractivity contribution in [3.05, 3.63) is 64.4 Å². The van der Waals surface area contributed by atoms with E-state index in [4.69, 9.17) is 9.26 Å². The molecule has 0 bridgehead atoms. The van der Waals surface area contributed by atoms with Crippen molar-refractivity contribution in [3.63, 3.8) is 0 Å². The lowest BCUT2D eigenvalue weighted by atomic mass is 10.1. The standard InChI is InChI=1S/C20H23N5O4/c1-4-28-17-16(18(26)22-15-12-21-29-13-15)23-20(25(3)19(17)27)24(2)11-10-14-8-6-5-7-9-14/h5-9,12-13H,4,10-11H2,1-3H3,(H,22,26). The number of aromatic nitrogens is 3. The normalized spacial score (nSPS) is 10.6. The van der Waals surface area contributed by atoms with Crippen LogP contribution in [0.15, 0.2) is 52.1 Å². The van der Waals surface area contributed by atoms with Crippen molar-refractivity contribution >= 4 is 17.5 Å². The molecule has 0 radical (unpaired) electrons. The zero-order valence-corrected chi connectivity index (χ0v) is 16.6. The first-order valence-corrected chi connectivity index (χ1v) is 9.20. The monoisotopic (exact) mass is 397 g/mol. The molecule has 1 amide bonds. The summed E-state index contributed by atoms with van der Waals surface area (Å²) in [6.07, 6.45) is 3.40. The van der Waals surface area contributed by atoms with Crippen molar-refractivity contribution in [2.24, 2.45) is 7.05 Å². The fraction of sp³-hybridized carbons (Fsp3) is 0.300. The van der Waals surface area contributed by atoms with Crippen molar-refractivity contribution in [1.82, 2.24) is 14.7 Å². The highest BCUT2D eigenvalue weighted by molar-refractivity contribution is 6.04. The van der Waals surface area contributed by atoms with Crippen LogP contribution in [-0.2, 0) is 13.5 Å². The Bertz CT molecular complexity index is 1020. The number of rotatable bonds is 8. The number of hydrogen-bond donors (Lipinski definition) is 1. The Morgan fingerprint density at radius 3 is 2.72 bits per heavy atom. The average molecular weight is 397 g/mol. The molecule has 0 aliphatic rings. The second-order valence-corrected chi connectivity index (χ2v) is 6.41. The molecule has 3 rings (SSSR count). The van der Waals surface area contributed by atoms with E-state index in [1.807, 2.05) is 42.3 Å². The molecule has 0 spiro atoms. The van der Waals surface area contributed by atoms with Gasteiger partial charge in [0.15, 0.2) is 5.69 Å². The number of hydrogen-bond acceptors (Lipinski definition) is 7. The molecule has 0 fully saturated rings. The van der Waals surface area contributed by atoms with Gasteiger partial charge in [-0.15, -0.1) is 0 Å². The summed E-state index contributed by atoms with van der Waals surface area (Å²) in [4.78, 5) is 31.9. The molecule has 1 N–H and O–H groups in total. The summed E-state index contributed by atoms with van der Waals surface area (Å²) in [6, 6.07) is 10.00. The Hall–Kier alpha value is -3.62. The van der Waals surface area contributed by atoms with E-state index in [-0.39, 0.29) is 18.1 Å². The lowest BCUT2D eigenvalue weighted by Crippen LogP contribution is -2.33.